The number of carbonyl (C=O) groups is 2. The highest BCUT2D eigenvalue weighted by Crippen LogP contribution is 2.45. The second-order valence-corrected chi connectivity index (χ2v) is 7.44. The van der Waals surface area contributed by atoms with E-state index in [9.17, 15) is 29.8 Å². The fourth-order valence-corrected chi connectivity index (χ4v) is 4.21. The molecular formula is C20H20N4O8. The predicted molar refractivity (Wildman–Crippen MR) is 111 cm³/mol. The molecule has 12 heteroatoms. The van der Waals surface area contributed by atoms with Crippen molar-refractivity contribution < 1.29 is 28.9 Å². The lowest BCUT2D eigenvalue weighted by molar-refractivity contribution is -0.390. The van der Waals surface area contributed by atoms with Gasteiger partial charge in [-0.3, -0.25) is 39.6 Å². The maximum Gasteiger partial charge on any atom is 0.325 e. The molecule has 2 aromatic carbocycles. The Labute approximate surface area is 181 Å². The van der Waals surface area contributed by atoms with Crippen LogP contribution in [0.4, 0.5) is 11.4 Å². The first-order valence-electron chi connectivity index (χ1n) is 9.98. The van der Waals surface area contributed by atoms with Gasteiger partial charge in [-0.05, 0) is 12.5 Å². The minimum atomic E-state index is -0.807. The van der Waals surface area contributed by atoms with E-state index in [1.165, 1.54) is 19.2 Å². The zero-order valence-electron chi connectivity index (χ0n) is 17.2. The molecule has 0 atom stereocenters. The maximum absolute atomic E-state index is 13.2. The Balaban J connectivity index is 1.77. The monoisotopic (exact) mass is 444 g/mol. The lowest BCUT2D eigenvalue weighted by atomic mass is 9.91. The van der Waals surface area contributed by atoms with Gasteiger partial charge in [0.25, 0.3) is 17.5 Å². The van der Waals surface area contributed by atoms with Gasteiger partial charge in [0.1, 0.15) is 5.39 Å². The van der Waals surface area contributed by atoms with Crippen molar-refractivity contribution in [2.45, 2.75) is 6.42 Å². The summed E-state index contributed by atoms with van der Waals surface area (Å²) in [6.07, 6.45) is 0.535. The van der Waals surface area contributed by atoms with Crippen LogP contribution in [-0.4, -0.2) is 78.0 Å². The number of hydrogen-bond donors (Lipinski definition) is 0. The van der Waals surface area contributed by atoms with Crippen molar-refractivity contribution in [1.82, 2.24) is 9.80 Å². The summed E-state index contributed by atoms with van der Waals surface area (Å²) >= 11 is 0. The third-order valence-electron chi connectivity index (χ3n) is 5.71. The van der Waals surface area contributed by atoms with Crippen molar-refractivity contribution in [3.63, 3.8) is 0 Å². The van der Waals surface area contributed by atoms with Crippen molar-refractivity contribution >= 4 is 34.0 Å². The highest BCUT2D eigenvalue weighted by molar-refractivity contribution is 6.28. The molecule has 4 rings (SSSR count). The van der Waals surface area contributed by atoms with Crippen molar-refractivity contribution in [2.75, 3.05) is 46.5 Å². The largest absolute Gasteiger partial charge is 0.490 e. The summed E-state index contributed by atoms with van der Waals surface area (Å²) in [6, 6.07) is 3.47. The summed E-state index contributed by atoms with van der Waals surface area (Å²) in [5, 5.41) is 22.8. The minimum absolute atomic E-state index is 0.0114. The van der Waals surface area contributed by atoms with E-state index in [1.54, 1.807) is 0 Å². The zero-order valence-corrected chi connectivity index (χ0v) is 17.2. The van der Waals surface area contributed by atoms with E-state index in [1.807, 2.05) is 0 Å². The number of non-ortho nitro benzene ring substituents is 1. The van der Waals surface area contributed by atoms with Crippen molar-refractivity contribution in [3.05, 3.63) is 49.6 Å². The average molecular weight is 444 g/mol. The fraction of sp³-hybridized carbons (Fsp3) is 0.400. The highest BCUT2D eigenvalue weighted by Gasteiger charge is 2.39. The number of benzene rings is 2. The molecule has 2 heterocycles. The Hall–Kier alpha value is -3.64. The van der Waals surface area contributed by atoms with Gasteiger partial charge in [0.2, 0.25) is 0 Å². The number of nitro groups is 2. The lowest BCUT2D eigenvalue weighted by Gasteiger charge is -2.30. The summed E-state index contributed by atoms with van der Waals surface area (Å²) in [5.74, 6) is -1.58. The van der Waals surface area contributed by atoms with E-state index in [0.717, 1.165) is 24.1 Å². The molecule has 168 valence electrons. The fourth-order valence-electron chi connectivity index (χ4n) is 4.21. The van der Waals surface area contributed by atoms with Crippen molar-refractivity contribution in [3.8, 4) is 5.75 Å². The van der Waals surface area contributed by atoms with E-state index >= 15 is 0 Å². The van der Waals surface area contributed by atoms with Gasteiger partial charge in [-0.15, -0.1) is 0 Å². The van der Waals surface area contributed by atoms with Gasteiger partial charge in [0.05, 0.1) is 35.7 Å². The van der Waals surface area contributed by atoms with Gasteiger partial charge >= 0.3 is 5.69 Å². The summed E-state index contributed by atoms with van der Waals surface area (Å²) < 4.78 is 10.4. The minimum Gasteiger partial charge on any atom is -0.490 e. The molecule has 1 saturated heterocycles. The molecule has 0 unspecified atom stereocenters. The number of imide groups is 1. The molecule has 2 aliphatic heterocycles. The van der Waals surface area contributed by atoms with Crippen LogP contribution in [0.1, 0.15) is 27.1 Å². The zero-order chi connectivity index (χ0) is 23.0. The van der Waals surface area contributed by atoms with Gasteiger partial charge in [-0.2, -0.15) is 0 Å². The maximum atomic E-state index is 13.2. The van der Waals surface area contributed by atoms with E-state index in [-0.39, 0.29) is 34.2 Å². The lowest BCUT2D eigenvalue weighted by Crippen LogP contribution is -2.43. The van der Waals surface area contributed by atoms with Crippen LogP contribution in [0, 0.1) is 20.2 Å². The quantitative estimate of drug-likeness (QED) is 0.355. The van der Waals surface area contributed by atoms with Gasteiger partial charge in [-0.1, -0.05) is 0 Å². The molecule has 32 heavy (non-hydrogen) atoms. The molecule has 2 aliphatic rings. The first-order chi connectivity index (χ1) is 15.3. The third-order valence-corrected chi connectivity index (χ3v) is 5.71. The van der Waals surface area contributed by atoms with Crippen LogP contribution in [0.15, 0.2) is 18.2 Å². The summed E-state index contributed by atoms with van der Waals surface area (Å²) in [6.45, 7) is 3.63. The number of morpholine rings is 1. The summed E-state index contributed by atoms with van der Waals surface area (Å²) in [5.41, 5.74) is -1.25. The number of nitro benzene ring substituents is 2. The first-order valence-corrected chi connectivity index (χ1v) is 9.98. The van der Waals surface area contributed by atoms with Gasteiger partial charge in [-0.25, -0.2) is 0 Å². The predicted octanol–water partition coefficient (Wildman–Crippen LogP) is 1.98. The number of hydrogen-bond acceptors (Lipinski definition) is 9. The van der Waals surface area contributed by atoms with E-state index < -0.39 is 33.0 Å². The molecule has 12 nitrogen and oxygen atoms in total. The summed E-state index contributed by atoms with van der Waals surface area (Å²) in [4.78, 5) is 51.3. The Morgan fingerprint density at radius 2 is 1.69 bits per heavy atom. The van der Waals surface area contributed by atoms with Gasteiger partial charge in [0, 0.05) is 49.3 Å². The number of nitrogens with zero attached hydrogens (tertiary/aromatic N) is 4. The average Bonchev–Trinajstić information content (AvgIpc) is 2.78. The number of carbonyl (C=O) groups excluding carboxylic acids is 2. The van der Waals surface area contributed by atoms with E-state index in [0.29, 0.717) is 26.2 Å². The molecule has 0 aromatic heterocycles. The normalized spacial score (nSPS) is 16.5. The Morgan fingerprint density at radius 1 is 1.00 bits per heavy atom. The molecule has 0 radical (unpaired) electrons. The first kappa shape index (κ1) is 21.6. The Bertz CT molecular complexity index is 1140. The topological polar surface area (TPSA) is 145 Å². The summed E-state index contributed by atoms with van der Waals surface area (Å²) in [7, 11) is 1.18. The second kappa shape index (κ2) is 8.48. The van der Waals surface area contributed by atoms with Crippen LogP contribution in [-0.2, 0) is 4.74 Å². The number of amides is 2. The molecule has 0 spiro atoms. The highest BCUT2D eigenvalue weighted by atomic mass is 16.6. The molecular weight excluding hydrogens is 424 g/mol. The Morgan fingerprint density at radius 3 is 2.31 bits per heavy atom. The number of methoxy groups -OCH3 is 1. The van der Waals surface area contributed by atoms with Gasteiger partial charge < -0.3 is 9.47 Å². The van der Waals surface area contributed by atoms with Crippen LogP contribution >= 0.6 is 0 Å². The van der Waals surface area contributed by atoms with Crippen molar-refractivity contribution in [1.29, 1.82) is 0 Å². The van der Waals surface area contributed by atoms with Gasteiger partial charge in [0.15, 0.2) is 5.75 Å². The molecule has 2 aromatic rings. The standard InChI is InChI=1S/C20H20N4O8/c1-31-15-11-13-16-12(3-4-14(23(27)28)17(16)18(15)24(29)30)19(25)22(20(13)26)6-2-5-21-7-9-32-10-8-21/h3-4,11H,2,5-10H2,1H3. The molecule has 2 amide bonds. The molecule has 0 N–H and O–H groups in total. The smallest absolute Gasteiger partial charge is 0.325 e. The van der Waals surface area contributed by atoms with Crippen LogP contribution in [0.3, 0.4) is 0 Å². The molecule has 0 saturated carbocycles. The number of ether oxygens (including phenoxy) is 2. The third kappa shape index (κ3) is 3.52. The SMILES string of the molecule is COc1cc2c3c(ccc([N+](=O)[O-])c3c1[N+](=O)[O-])C(=O)N(CCCN1CCOCC1)C2=O. The van der Waals surface area contributed by atoms with Crippen LogP contribution < -0.4 is 4.74 Å². The van der Waals surface area contributed by atoms with E-state index in [4.69, 9.17) is 9.47 Å². The van der Waals surface area contributed by atoms with E-state index in [2.05, 4.69) is 4.90 Å². The molecule has 0 bridgehead atoms. The Kier molecular flexibility index (Phi) is 5.72. The van der Waals surface area contributed by atoms with Crippen LogP contribution in [0.25, 0.3) is 10.8 Å². The molecule has 0 aliphatic carbocycles. The van der Waals surface area contributed by atoms with Crippen molar-refractivity contribution in [2.24, 2.45) is 0 Å². The van der Waals surface area contributed by atoms with Crippen LogP contribution in [0.5, 0.6) is 5.75 Å². The molecule has 1 fully saturated rings. The van der Waals surface area contributed by atoms with Crippen LogP contribution in [0.2, 0.25) is 0 Å². The second-order valence-electron chi connectivity index (χ2n) is 7.44. The number of rotatable bonds is 7.